The minimum atomic E-state index is -1.19. The third kappa shape index (κ3) is 8.18. The van der Waals surface area contributed by atoms with Crippen molar-refractivity contribution >= 4 is 40.6 Å². The van der Waals surface area contributed by atoms with Gasteiger partial charge >= 0.3 is 6.09 Å². The molecule has 0 aliphatic heterocycles. The minimum Gasteiger partial charge on any atom is -0.465 e. The van der Waals surface area contributed by atoms with Crippen molar-refractivity contribution in [2.24, 2.45) is 0 Å². The summed E-state index contributed by atoms with van der Waals surface area (Å²) < 4.78 is 0. The lowest BCUT2D eigenvalue weighted by Gasteiger charge is -2.29. The zero-order valence-corrected chi connectivity index (χ0v) is 24.4. The van der Waals surface area contributed by atoms with Crippen LogP contribution in [0.25, 0.3) is 10.4 Å². The van der Waals surface area contributed by atoms with Crippen molar-refractivity contribution in [2.75, 3.05) is 38.2 Å². The molecule has 0 saturated heterocycles. The average Bonchev–Trinajstić information content (AvgIpc) is 3.52. The van der Waals surface area contributed by atoms with Crippen LogP contribution in [-0.4, -0.2) is 66.0 Å². The first-order valence-corrected chi connectivity index (χ1v) is 14.4. The van der Waals surface area contributed by atoms with Gasteiger partial charge in [-0.25, -0.2) is 4.79 Å². The van der Waals surface area contributed by atoms with Crippen LogP contribution in [-0.2, 0) is 17.8 Å². The van der Waals surface area contributed by atoms with Gasteiger partial charge in [0.15, 0.2) is 0 Å². The maximum Gasteiger partial charge on any atom is 0.408 e. The molecule has 3 aromatic carbocycles. The van der Waals surface area contributed by atoms with Gasteiger partial charge in [-0.05, 0) is 66.5 Å². The molecule has 0 aliphatic rings. The summed E-state index contributed by atoms with van der Waals surface area (Å²) in [6.45, 7) is 1.07. The second kappa shape index (κ2) is 14.3. The van der Waals surface area contributed by atoms with E-state index >= 15 is 0 Å². The quantitative estimate of drug-likeness (QED) is 0.173. The van der Waals surface area contributed by atoms with Gasteiger partial charge in [-0.15, -0.1) is 11.3 Å². The number of carbonyl (C=O) groups is 3. The number of rotatable bonds is 12. The largest absolute Gasteiger partial charge is 0.465 e. The highest BCUT2D eigenvalue weighted by Gasteiger charge is 2.30. The third-order valence-electron chi connectivity index (χ3n) is 6.73. The number of nitrogens with zero attached hydrogens (tertiary/aromatic N) is 2. The summed E-state index contributed by atoms with van der Waals surface area (Å²) in [5, 5.41) is 17.8. The molecule has 1 heterocycles. The Morgan fingerprint density at radius 1 is 0.929 bits per heavy atom. The Kier molecular flexibility index (Phi) is 10.3. The first-order chi connectivity index (χ1) is 20.2. The van der Waals surface area contributed by atoms with Crippen LogP contribution in [0.4, 0.5) is 16.2 Å². The monoisotopic (exact) mass is 585 g/mol. The molecule has 3 amide bonds. The Labute approximate surface area is 249 Å². The van der Waals surface area contributed by atoms with Crippen LogP contribution in [0.2, 0.25) is 0 Å². The molecule has 0 radical (unpaired) electrons. The van der Waals surface area contributed by atoms with Crippen LogP contribution in [0.1, 0.15) is 21.5 Å². The molecule has 0 fully saturated rings. The van der Waals surface area contributed by atoms with Gasteiger partial charge in [0.1, 0.15) is 6.04 Å². The van der Waals surface area contributed by atoms with Crippen LogP contribution in [0.15, 0.2) is 90.3 Å². The number of carbonyl (C=O) groups excluding carboxylic acids is 2. The van der Waals surface area contributed by atoms with Crippen LogP contribution in [0.5, 0.6) is 0 Å². The number of hydrogen-bond acceptors (Lipinski definition) is 6. The molecule has 1 aromatic heterocycles. The average molecular weight is 586 g/mol. The lowest BCUT2D eigenvalue weighted by molar-refractivity contribution is -0.126. The predicted octanol–water partition coefficient (Wildman–Crippen LogP) is 5.02. The number of benzene rings is 3. The van der Waals surface area contributed by atoms with Gasteiger partial charge in [0, 0.05) is 36.5 Å². The number of nitrogen functional groups attached to an aromatic ring is 1. The first kappa shape index (κ1) is 30.3. The number of hydrogen-bond donors (Lipinski definition) is 4. The molecular weight excluding hydrogens is 550 g/mol. The summed E-state index contributed by atoms with van der Waals surface area (Å²) in [5.41, 5.74) is 9.96. The Morgan fingerprint density at radius 3 is 2.31 bits per heavy atom. The number of nitrogens with one attached hydrogen (secondary N) is 2. The minimum absolute atomic E-state index is 0.0639. The van der Waals surface area contributed by atoms with E-state index in [1.807, 2.05) is 79.0 Å². The molecule has 10 heteroatoms. The molecule has 0 aliphatic carbocycles. The van der Waals surface area contributed by atoms with Gasteiger partial charge in [-0.2, -0.15) is 0 Å². The van der Waals surface area contributed by atoms with E-state index in [0.29, 0.717) is 30.0 Å². The zero-order valence-electron chi connectivity index (χ0n) is 23.6. The van der Waals surface area contributed by atoms with E-state index in [2.05, 4.69) is 10.6 Å². The number of likely N-dealkylation sites (N-methyl/N-ethyl adjacent to an activating group) is 1. The Balaban J connectivity index is 1.50. The van der Waals surface area contributed by atoms with Gasteiger partial charge in [0.25, 0.3) is 5.91 Å². The van der Waals surface area contributed by atoms with Crippen LogP contribution >= 0.6 is 11.3 Å². The zero-order chi connectivity index (χ0) is 30.1. The van der Waals surface area contributed by atoms with E-state index < -0.39 is 12.1 Å². The van der Waals surface area contributed by atoms with E-state index in [-0.39, 0.29) is 24.8 Å². The Morgan fingerprint density at radius 2 is 1.67 bits per heavy atom. The molecule has 0 bridgehead atoms. The summed E-state index contributed by atoms with van der Waals surface area (Å²) in [4.78, 5) is 42.8. The van der Waals surface area contributed by atoms with Crippen molar-refractivity contribution in [3.05, 3.63) is 107 Å². The summed E-state index contributed by atoms with van der Waals surface area (Å²) >= 11 is 1.60. The van der Waals surface area contributed by atoms with E-state index in [1.165, 1.54) is 0 Å². The third-order valence-corrected chi connectivity index (χ3v) is 7.65. The van der Waals surface area contributed by atoms with E-state index in [4.69, 9.17) is 5.73 Å². The molecule has 0 unspecified atom stereocenters. The highest BCUT2D eigenvalue weighted by Crippen LogP contribution is 2.30. The van der Waals surface area contributed by atoms with Crippen LogP contribution in [0, 0.1) is 0 Å². The van der Waals surface area contributed by atoms with E-state index in [9.17, 15) is 19.5 Å². The lowest BCUT2D eigenvalue weighted by Crippen LogP contribution is -2.50. The standard InChI is InChI=1S/C32H35N5O4S/c1-36(2)17-16-34-31(39)28(37(32(40)41)21-23-7-4-3-5-8-23)19-22-10-12-24(13-11-22)30(38)35-27-20-25(14-15-26(27)33)29-9-6-18-42-29/h3-15,18,20,28H,16-17,19,21,33H2,1-2H3,(H,34,39)(H,35,38)(H,40,41)/t28-/m0/s1. The van der Waals surface area contributed by atoms with Crippen LogP contribution < -0.4 is 16.4 Å². The number of nitrogens with two attached hydrogens (primary N) is 1. The molecule has 1 atom stereocenters. The Hall–Kier alpha value is -4.67. The van der Waals surface area contributed by atoms with Gasteiger partial charge in [-0.3, -0.25) is 14.5 Å². The maximum absolute atomic E-state index is 13.3. The number of amides is 3. The number of carboxylic acid groups (broad SMARTS) is 1. The molecule has 218 valence electrons. The molecule has 42 heavy (non-hydrogen) atoms. The van der Waals surface area contributed by atoms with Gasteiger partial charge < -0.3 is 26.4 Å². The van der Waals surface area contributed by atoms with Crippen molar-refractivity contribution in [3.63, 3.8) is 0 Å². The van der Waals surface area contributed by atoms with Crippen molar-refractivity contribution in [1.29, 1.82) is 0 Å². The predicted molar refractivity (Wildman–Crippen MR) is 168 cm³/mol. The molecule has 4 aromatic rings. The molecular formula is C32H35N5O4S. The van der Waals surface area contributed by atoms with Crippen molar-refractivity contribution in [1.82, 2.24) is 15.1 Å². The summed E-state index contributed by atoms with van der Waals surface area (Å²) in [6, 6.07) is 24.5. The highest BCUT2D eigenvalue weighted by atomic mass is 32.1. The Bertz CT molecular complexity index is 1490. The maximum atomic E-state index is 13.3. The summed E-state index contributed by atoms with van der Waals surface area (Å²) in [7, 11) is 3.80. The number of anilines is 2. The molecule has 9 nitrogen and oxygen atoms in total. The van der Waals surface area contributed by atoms with Crippen LogP contribution in [0.3, 0.4) is 0 Å². The fraction of sp³-hybridized carbons (Fsp3) is 0.219. The van der Waals surface area contributed by atoms with E-state index in [1.54, 1.807) is 41.7 Å². The summed E-state index contributed by atoms with van der Waals surface area (Å²) in [6.07, 6.45) is -1.05. The second-order valence-corrected chi connectivity index (χ2v) is 11.1. The fourth-order valence-corrected chi connectivity index (χ4v) is 5.15. The number of thiophene rings is 1. The fourth-order valence-electron chi connectivity index (χ4n) is 4.43. The highest BCUT2D eigenvalue weighted by molar-refractivity contribution is 7.13. The SMILES string of the molecule is CN(C)CCNC(=O)[C@H](Cc1ccc(C(=O)Nc2cc(-c3cccs3)ccc2N)cc1)N(Cc1ccccc1)C(=O)O. The topological polar surface area (TPSA) is 128 Å². The first-order valence-electron chi connectivity index (χ1n) is 13.5. The second-order valence-electron chi connectivity index (χ2n) is 10.1. The van der Waals surface area contributed by atoms with E-state index in [0.717, 1.165) is 26.5 Å². The van der Waals surface area contributed by atoms with Gasteiger partial charge in [-0.1, -0.05) is 54.6 Å². The molecule has 4 rings (SSSR count). The molecule has 0 saturated carbocycles. The van der Waals surface area contributed by atoms with Crippen molar-refractivity contribution in [3.8, 4) is 10.4 Å². The van der Waals surface area contributed by atoms with Gasteiger partial charge in [0.2, 0.25) is 5.91 Å². The normalized spacial score (nSPS) is 11.6. The molecule has 5 N–H and O–H groups in total. The van der Waals surface area contributed by atoms with Crippen molar-refractivity contribution < 1.29 is 19.5 Å². The van der Waals surface area contributed by atoms with Crippen molar-refractivity contribution in [2.45, 2.75) is 19.0 Å². The van der Waals surface area contributed by atoms with Gasteiger partial charge in [0.05, 0.1) is 11.4 Å². The lowest BCUT2D eigenvalue weighted by atomic mass is 10.0. The smallest absolute Gasteiger partial charge is 0.408 e. The summed E-state index contributed by atoms with van der Waals surface area (Å²) in [5.74, 6) is -0.705. The molecule has 0 spiro atoms.